The molecule has 0 fully saturated rings. The van der Waals surface area contributed by atoms with E-state index in [4.69, 9.17) is 11.6 Å². The summed E-state index contributed by atoms with van der Waals surface area (Å²) >= 11 is 6.03. The van der Waals surface area contributed by atoms with Crippen LogP contribution in [0.5, 0.6) is 0 Å². The SMILES string of the molecule is O=Cc1[nH]c2ccc(Cl)cc2c1-c1ccccc1. The third-order valence-electron chi connectivity index (χ3n) is 2.97. The molecule has 88 valence electrons. The van der Waals surface area contributed by atoms with E-state index < -0.39 is 0 Å². The van der Waals surface area contributed by atoms with Crippen LogP contribution in [0.3, 0.4) is 0 Å². The number of H-pyrrole nitrogens is 1. The van der Waals surface area contributed by atoms with Crippen molar-refractivity contribution in [2.45, 2.75) is 0 Å². The van der Waals surface area contributed by atoms with Gasteiger partial charge in [0.1, 0.15) is 0 Å². The number of halogens is 1. The van der Waals surface area contributed by atoms with E-state index in [1.807, 2.05) is 48.5 Å². The molecule has 0 bridgehead atoms. The summed E-state index contributed by atoms with van der Waals surface area (Å²) in [5.41, 5.74) is 3.41. The van der Waals surface area contributed by atoms with Gasteiger partial charge in [0.15, 0.2) is 6.29 Å². The quantitative estimate of drug-likeness (QED) is 0.681. The Bertz CT molecular complexity index is 716. The molecule has 2 aromatic carbocycles. The molecule has 0 aliphatic heterocycles. The van der Waals surface area contributed by atoms with Crippen molar-refractivity contribution in [2.75, 3.05) is 0 Å². The Morgan fingerprint density at radius 2 is 1.83 bits per heavy atom. The Labute approximate surface area is 109 Å². The van der Waals surface area contributed by atoms with Gasteiger partial charge in [0.05, 0.1) is 5.69 Å². The predicted octanol–water partition coefficient (Wildman–Crippen LogP) is 4.30. The fourth-order valence-corrected chi connectivity index (χ4v) is 2.36. The second-order valence-corrected chi connectivity index (χ2v) is 4.52. The number of hydrogen-bond acceptors (Lipinski definition) is 1. The molecule has 2 nitrogen and oxygen atoms in total. The van der Waals surface area contributed by atoms with Gasteiger partial charge in [-0.15, -0.1) is 0 Å². The summed E-state index contributed by atoms with van der Waals surface area (Å²) in [6.07, 6.45) is 0.843. The Hall–Kier alpha value is -2.06. The number of carbonyl (C=O) groups excluding carboxylic acids is 1. The molecule has 1 N–H and O–H groups in total. The van der Waals surface area contributed by atoms with Crippen LogP contribution in [0, 0.1) is 0 Å². The number of carbonyl (C=O) groups is 1. The molecule has 0 saturated carbocycles. The van der Waals surface area contributed by atoms with Gasteiger partial charge in [-0.2, -0.15) is 0 Å². The second kappa shape index (κ2) is 4.31. The smallest absolute Gasteiger partial charge is 0.166 e. The van der Waals surface area contributed by atoms with Gasteiger partial charge in [-0.3, -0.25) is 4.79 Å². The van der Waals surface area contributed by atoms with Gasteiger partial charge in [-0.1, -0.05) is 41.9 Å². The number of rotatable bonds is 2. The van der Waals surface area contributed by atoms with Crippen LogP contribution >= 0.6 is 11.6 Å². The summed E-state index contributed by atoms with van der Waals surface area (Å²) in [5, 5.41) is 1.63. The minimum absolute atomic E-state index is 0.582. The predicted molar refractivity (Wildman–Crippen MR) is 74.1 cm³/mol. The molecular weight excluding hydrogens is 246 g/mol. The van der Waals surface area contributed by atoms with Crippen LogP contribution < -0.4 is 0 Å². The maximum atomic E-state index is 11.2. The second-order valence-electron chi connectivity index (χ2n) is 4.09. The normalized spacial score (nSPS) is 10.7. The summed E-state index contributed by atoms with van der Waals surface area (Å²) in [5.74, 6) is 0. The molecular formula is C15H10ClNO. The molecule has 18 heavy (non-hydrogen) atoms. The Kier molecular flexibility index (Phi) is 2.65. The number of fused-ring (bicyclic) bond motifs is 1. The lowest BCUT2D eigenvalue weighted by Crippen LogP contribution is -1.83. The molecule has 0 amide bonds. The van der Waals surface area contributed by atoms with Gasteiger partial charge in [0.25, 0.3) is 0 Å². The van der Waals surface area contributed by atoms with Crippen LogP contribution in [0.1, 0.15) is 10.5 Å². The van der Waals surface area contributed by atoms with E-state index in [0.29, 0.717) is 10.7 Å². The van der Waals surface area contributed by atoms with E-state index in [0.717, 1.165) is 28.3 Å². The summed E-state index contributed by atoms with van der Waals surface area (Å²) in [7, 11) is 0. The van der Waals surface area contributed by atoms with Gasteiger partial charge in [0.2, 0.25) is 0 Å². The van der Waals surface area contributed by atoms with Gasteiger partial charge in [-0.25, -0.2) is 0 Å². The molecule has 3 heteroatoms. The molecule has 3 rings (SSSR count). The molecule has 0 aliphatic carbocycles. The van der Waals surface area contributed by atoms with Crippen molar-refractivity contribution in [2.24, 2.45) is 0 Å². The van der Waals surface area contributed by atoms with Crippen LogP contribution in [0.4, 0.5) is 0 Å². The topological polar surface area (TPSA) is 32.9 Å². The summed E-state index contributed by atoms with van der Waals surface area (Å²) in [6, 6.07) is 15.4. The van der Waals surface area contributed by atoms with Gasteiger partial charge < -0.3 is 4.98 Å². The average molecular weight is 256 g/mol. The summed E-state index contributed by atoms with van der Waals surface area (Å²) < 4.78 is 0. The van der Waals surface area contributed by atoms with Crippen LogP contribution in [0.25, 0.3) is 22.0 Å². The maximum Gasteiger partial charge on any atom is 0.166 e. The fraction of sp³-hybridized carbons (Fsp3) is 0. The van der Waals surface area contributed by atoms with E-state index in [1.54, 1.807) is 0 Å². The highest BCUT2D eigenvalue weighted by atomic mass is 35.5. The Balaban J connectivity index is 2.38. The number of hydrogen-bond donors (Lipinski definition) is 1. The zero-order chi connectivity index (χ0) is 12.5. The highest BCUT2D eigenvalue weighted by molar-refractivity contribution is 6.31. The summed E-state index contributed by atoms with van der Waals surface area (Å²) in [4.78, 5) is 14.3. The van der Waals surface area contributed by atoms with Crippen molar-refractivity contribution in [3.8, 4) is 11.1 Å². The lowest BCUT2D eigenvalue weighted by molar-refractivity contribution is 0.112. The van der Waals surface area contributed by atoms with Crippen molar-refractivity contribution in [1.29, 1.82) is 0 Å². The van der Waals surface area contributed by atoms with Crippen molar-refractivity contribution in [1.82, 2.24) is 4.98 Å². The van der Waals surface area contributed by atoms with Crippen molar-refractivity contribution >= 4 is 28.8 Å². The maximum absolute atomic E-state index is 11.2. The minimum Gasteiger partial charge on any atom is -0.352 e. The number of aromatic amines is 1. The molecule has 0 unspecified atom stereocenters. The molecule has 0 atom stereocenters. The molecule has 1 heterocycles. The van der Waals surface area contributed by atoms with E-state index >= 15 is 0 Å². The zero-order valence-corrected chi connectivity index (χ0v) is 10.2. The van der Waals surface area contributed by atoms with Gasteiger partial charge >= 0.3 is 0 Å². The minimum atomic E-state index is 0.582. The van der Waals surface area contributed by atoms with E-state index in [1.165, 1.54) is 0 Å². The first-order chi connectivity index (χ1) is 8.79. The third kappa shape index (κ3) is 1.71. The number of benzene rings is 2. The van der Waals surface area contributed by atoms with Crippen LogP contribution in [-0.2, 0) is 0 Å². The van der Waals surface area contributed by atoms with Crippen molar-refractivity contribution in [3.63, 3.8) is 0 Å². The molecule has 3 aromatic rings. The largest absolute Gasteiger partial charge is 0.352 e. The Morgan fingerprint density at radius 1 is 1.06 bits per heavy atom. The zero-order valence-electron chi connectivity index (χ0n) is 9.48. The van der Waals surface area contributed by atoms with Gasteiger partial charge in [0, 0.05) is 21.5 Å². The molecule has 0 aliphatic rings. The van der Waals surface area contributed by atoms with E-state index in [2.05, 4.69) is 4.98 Å². The monoisotopic (exact) mass is 255 g/mol. The van der Waals surface area contributed by atoms with Crippen LogP contribution in [0.15, 0.2) is 48.5 Å². The molecule has 0 radical (unpaired) electrons. The van der Waals surface area contributed by atoms with Crippen molar-refractivity contribution in [3.05, 3.63) is 59.2 Å². The lowest BCUT2D eigenvalue weighted by atomic mass is 10.0. The molecule has 0 spiro atoms. The fourth-order valence-electron chi connectivity index (χ4n) is 2.19. The molecule has 0 saturated heterocycles. The van der Waals surface area contributed by atoms with Crippen molar-refractivity contribution < 1.29 is 4.79 Å². The summed E-state index contributed by atoms with van der Waals surface area (Å²) in [6.45, 7) is 0. The average Bonchev–Trinajstić information content (AvgIpc) is 2.77. The number of aldehydes is 1. The highest BCUT2D eigenvalue weighted by Crippen LogP contribution is 2.33. The third-order valence-corrected chi connectivity index (χ3v) is 3.21. The highest BCUT2D eigenvalue weighted by Gasteiger charge is 2.12. The van der Waals surface area contributed by atoms with Crippen LogP contribution in [-0.4, -0.2) is 11.3 Å². The van der Waals surface area contributed by atoms with Gasteiger partial charge in [-0.05, 0) is 23.8 Å². The number of aromatic nitrogens is 1. The van der Waals surface area contributed by atoms with E-state index in [9.17, 15) is 4.79 Å². The van der Waals surface area contributed by atoms with Crippen LogP contribution in [0.2, 0.25) is 5.02 Å². The number of nitrogens with one attached hydrogen (secondary N) is 1. The Morgan fingerprint density at radius 3 is 2.56 bits per heavy atom. The first kappa shape index (κ1) is 11.1. The standard InChI is InChI=1S/C15H10ClNO/c16-11-6-7-13-12(8-11)15(14(9-18)17-13)10-4-2-1-3-5-10/h1-9,17H. The van der Waals surface area contributed by atoms with E-state index in [-0.39, 0.29) is 0 Å². The first-order valence-corrected chi connectivity index (χ1v) is 5.99. The molecule has 1 aromatic heterocycles. The first-order valence-electron chi connectivity index (χ1n) is 5.61. The lowest BCUT2D eigenvalue weighted by Gasteiger charge is -2.01.